The Hall–Kier alpha value is -1.34. The van der Waals surface area contributed by atoms with Crippen molar-refractivity contribution in [2.24, 2.45) is 21.5 Å². The monoisotopic (exact) mass is 313 g/mol. The Bertz CT molecular complexity index is 382. The Labute approximate surface area is 133 Å². The van der Waals surface area contributed by atoms with E-state index in [2.05, 4.69) is 9.98 Å². The molecule has 1 heterocycles. The van der Waals surface area contributed by atoms with E-state index >= 15 is 0 Å². The maximum absolute atomic E-state index is 8.69. The first kappa shape index (κ1) is 18.7. The molecule has 0 amide bonds. The van der Waals surface area contributed by atoms with E-state index < -0.39 is 5.66 Å². The van der Waals surface area contributed by atoms with Gasteiger partial charge in [0.25, 0.3) is 0 Å². The van der Waals surface area contributed by atoms with Gasteiger partial charge in [0.2, 0.25) is 11.9 Å². The molecule has 5 N–H and O–H groups in total. The van der Waals surface area contributed by atoms with Gasteiger partial charge in [0.15, 0.2) is 5.66 Å². The summed E-state index contributed by atoms with van der Waals surface area (Å²) < 4.78 is 0. The lowest BCUT2D eigenvalue weighted by molar-refractivity contribution is -0.157. The van der Waals surface area contributed by atoms with E-state index in [1.165, 1.54) is 30.7 Å². The lowest BCUT2D eigenvalue weighted by atomic mass is 10.1. The van der Waals surface area contributed by atoms with Gasteiger partial charge in [0.1, 0.15) is 0 Å². The zero-order chi connectivity index (χ0) is 16.4. The van der Waals surface area contributed by atoms with E-state index in [1.807, 2.05) is 13.8 Å². The molecule has 0 radical (unpaired) electrons. The third-order valence-corrected chi connectivity index (χ3v) is 3.60. The van der Waals surface area contributed by atoms with E-state index in [-0.39, 0.29) is 11.9 Å². The first-order valence-corrected chi connectivity index (χ1v) is 8.21. The lowest BCUT2D eigenvalue weighted by Gasteiger charge is -2.36. The number of aliphatic hydroxyl groups is 1. The van der Waals surface area contributed by atoms with Gasteiger partial charge in [-0.2, -0.15) is 10.1 Å². The van der Waals surface area contributed by atoms with Crippen molar-refractivity contribution >= 4 is 11.9 Å². The summed E-state index contributed by atoms with van der Waals surface area (Å²) in [4.78, 5) is 13.9. The van der Waals surface area contributed by atoms with Crippen molar-refractivity contribution in [3.63, 3.8) is 0 Å². The van der Waals surface area contributed by atoms with Crippen LogP contribution in [0.1, 0.15) is 65.2 Å². The molecule has 0 saturated carbocycles. The largest absolute Gasteiger partial charge is 0.396 e. The highest BCUT2D eigenvalue weighted by molar-refractivity contribution is 5.95. The number of rotatable bonds is 11. The number of hydroxylamine groups is 2. The van der Waals surface area contributed by atoms with E-state index in [4.69, 9.17) is 21.4 Å². The van der Waals surface area contributed by atoms with E-state index in [1.54, 1.807) is 0 Å². The van der Waals surface area contributed by atoms with Gasteiger partial charge in [-0.05, 0) is 26.7 Å². The Balaban J connectivity index is 2.09. The number of guanidine groups is 2. The third-order valence-electron chi connectivity index (χ3n) is 3.60. The van der Waals surface area contributed by atoms with E-state index in [0.29, 0.717) is 13.2 Å². The summed E-state index contributed by atoms with van der Waals surface area (Å²) in [7, 11) is 0. The summed E-state index contributed by atoms with van der Waals surface area (Å²) in [6, 6.07) is 0. The molecule has 0 unspecified atom stereocenters. The predicted octanol–water partition coefficient (Wildman–Crippen LogP) is 1.71. The standard InChI is InChI=1S/C15H31N5O2/c1-15(2)19-13(16)18-14(17)20(15)22-12-10-8-6-4-3-5-7-9-11-21/h21H,3-12H2,1-2H3,(H4,16,17,18,19). The topological polar surface area (TPSA) is 109 Å². The second-order valence-corrected chi connectivity index (χ2v) is 6.11. The average molecular weight is 313 g/mol. The van der Waals surface area contributed by atoms with Crippen LogP contribution >= 0.6 is 0 Å². The summed E-state index contributed by atoms with van der Waals surface area (Å²) in [5, 5.41) is 10.2. The number of nitrogens with zero attached hydrogens (tertiary/aromatic N) is 3. The molecule has 0 aromatic carbocycles. The van der Waals surface area contributed by atoms with Crippen LogP contribution in [0.15, 0.2) is 9.98 Å². The number of unbranched alkanes of at least 4 members (excludes halogenated alkanes) is 7. The van der Waals surface area contributed by atoms with Crippen LogP contribution in [0.3, 0.4) is 0 Å². The number of aliphatic hydroxyl groups excluding tert-OH is 1. The van der Waals surface area contributed by atoms with Gasteiger partial charge >= 0.3 is 0 Å². The smallest absolute Gasteiger partial charge is 0.226 e. The average Bonchev–Trinajstić information content (AvgIpc) is 2.42. The zero-order valence-electron chi connectivity index (χ0n) is 13.9. The van der Waals surface area contributed by atoms with E-state index in [0.717, 1.165) is 25.7 Å². The molecular formula is C15H31N5O2. The summed E-state index contributed by atoms with van der Waals surface area (Å²) >= 11 is 0. The molecule has 7 nitrogen and oxygen atoms in total. The molecule has 1 rings (SSSR count). The highest BCUT2D eigenvalue weighted by Crippen LogP contribution is 2.20. The van der Waals surface area contributed by atoms with Gasteiger partial charge in [-0.25, -0.2) is 4.99 Å². The molecule has 1 aliphatic heterocycles. The molecule has 0 saturated heterocycles. The van der Waals surface area contributed by atoms with Gasteiger partial charge in [0.05, 0.1) is 6.61 Å². The van der Waals surface area contributed by atoms with Gasteiger partial charge in [-0.3, -0.25) is 4.84 Å². The van der Waals surface area contributed by atoms with Crippen LogP contribution in [0.25, 0.3) is 0 Å². The number of hydrogen-bond acceptors (Lipinski definition) is 7. The Morgan fingerprint density at radius 3 is 2.09 bits per heavy atom. The normalized spacial score (nSPS) is 17.3. The molecule has 0 atom stereocenters. The first-order chi connectivity index (χ1) is 10.5. The van der Waals surface area contributed by atoms with Crippen LogP contribution < -0.4 is 11.5 Å². The predicted molar refractivity (Wildman–Crippen MR) is 89.1 cm³/mol. The molecule has 0 bridgehead atoms. The van der Waals surface area contributed by atoms with Crippen molar-refractivity contribution in [2.45, 2.75) is 70.9 Å². The fourth-order valence-electron chi connectivity index (χ4n) is 2.45. The third kappa shape index (κ3) is 6.62. The second-order valence-electron chi connectivity index (χ2n) is 6.11. The van der Waals surface area contributed by atoms with Crippen LogP contribution in [0.4, 0.5) is 0 Å². The fourth-order valence-corrected chi connectivity index (χ4v) is 2.45. The Kier molecular flexibility index (Phi) is 8.19. The molecule has 0 fully saturated rings. The molecule has 0 aromatic heterocycles. The zero-order valence-corrected chi connectivity index (χ0v) is 13.9. The minimum Gasteiger partial charge on any atom is -0.396 e. The minimum absolute atomic E-state index is 0.184. The maximum Gasteiger partial charge on any atom is 0.226 e. The van der Waals surface area contributed by atoms with E-state index in [9.17, 15) is 0 Å². The van der Waals surface area contributed by atoms with Gasteiger partial charge in [-0.15, -0.1) is 0 Å². The first-order valence-electron chi connectivity index (χ1n) is 8.21. The lowest BCUT2D eigenvalue weighted by Crippen LogP contribution is -2.53. The Morgan fingerprint density at radius 1 is 1.00 bits per heavy atom. The SMILES string of the molecule is CC1(C)N=C(N)N=C(N)N1OCCCCCCCCCCO. The van der Waals surface area contributed by atoms with Crippen molar-refractivity contribution in [1.82, 2.24) is 5.06 Å². The Morgan fingerprint density at radius 2 is 1.55 bits per heavy atom. The van der Waals surface area contributed by atoms with Crippen molar-refractivity contribution in [3.05, 3.63) is 0 Å². The number of aliphatic imine (C=N–C) groups is 2. The molecule has 7 heteroatoms. The van der Waals surface area contributed by atoms with Gasteiger partial charge in [0, 0.05) is 6.61 Å². The minimum atomic E-state index is -0.622. The number of nitrogens with two attached hydrogens (primary N) is 2. The molecule has 0 aliphatic carbocycles. The second kappa shape index (κ2) is 9.63. The van der Waals surface area contributed by atoms with Crippen molar-refractivity contribution < 1.29 is 9.94 Å². The summed E-state index contributed by atoms with van der Waals surface area (Å²) in [6.45, 7) is 4.67. The fraction of sp³-hybridized carbons (Fsp3) is 0.867. The highest BCUT2D eigenvalue weighted by Gasteiger charge is 2.32. The molecule has 0 aromatic rings. The van der Waals surface area contributed by atoms with Crippen LogP contribution in [-0.2, 0) is 4.84 Å². The summed E-state index contributed by atoms with van der Waals surface area (Å²) in [6.07, 6.45) is 9.08. The molecule has 128 valence electrons. The van der Waals surface area contributed by atoms with Gasteiger partial charge in [-0.1, -0.05) is 38.5 Å². The van der Waals surface area contributed by atoms with Crippen molar-refractivity contribution in [2.75, 3.05) is 13.2 Å². The van der Waals surface area contributed by atoms with Crippen LogP contribution in [-0.4, -0.2) is 41.0 Å². The van der Waals surface area contributed by atoms with Crippen LogP contribution in [0.5, 0.6) is 0 Å². The molecule has 0 spiro atoms. The highest BCUT2D eigenvalue weighted by atomic mass is 16.7. The maximum atomic E-state index is 8.69. The summed E-state index contributed by atoms with van der Waals surface area (Å²) in [5.74, 6) is 0.435. The molecular weight excluding hydrogens is 282 g/mol. The molecule has 1 aliphatic rings. The number of hydrogen-bond donors (Lipinski definition) is 3. The van der Waals surface area contributed by atoms with Crippen molar-refractivity contribution in [1.29, 1.82) is 0 Å². The molecule has 22 heavy (non-hydrogen) atoms. The van der Waals surface area contributed by atoms with Gasteiger partial charge < -0.3 is 16.6 Å². The van der Waals surface area contributed by atoms with Crippen molar-refractivity contribution in [3.8, 4) is 0 Å². The quantitative estimate of drug-likeness (QED) is 0.503. The van der Waals surface area contributed by atoms with Crippen LogP contribution in [0, 0.1) is 0 Å². The summed E-state index contributed by atoms with van der Waals surface area (Å²) in [5.41, 5.74) is 10.8. The van der Waals surface area contributed by atoms with Crippen LogP contribution in [0.2, 0.25) is 0 Å².